The number of amides is 1. The molecule has 0 atom stereocenters. The number of anilines is 1. The monoisotopic (exact) mass is 433 g/mol. The molecule has 0 unspecified atom stereocenters. The van der Waals surface area contributed by atoms with E-state index in [0.29, 0.717) is 22.5 Å². The second-order valence-electron chi connectivity index (χ2n) is 7.61. The number of piperidine rings is 1. The zero-order valence-electron chi connectivity index (χ0n) is 17.2. The Morgan fingerprint density at radius 1 is 1.21 bits per heavy atom. The summed E-state index contributed by atoms with van der Waals surface area (Å²) in [7, 11) is -1.71. The van der Waals surface area contributed by atoms with E-state index in [4.69, 9.17) is 0 Å². The summed E-state index contributed by atoms with van der Waals surface area (Å²) in [4.78, 5) is 15.8. The molecule has 1 aromatic carbocycles. The number of benzene rings is 1. The molecule has 2 aromatic rings. The maximum absolute atomic E-state index is 12.8. The van der Waals surface area contributed by atoms with Gasteiger partial charge in [-0.05, 0) is 89.0 Å². The standard InChI is InChI=1S/C21H27N3O3S2/c1-14-13-18(5-6-20(14)22-21(25)19-9-12-28-16(19)3)29(26,27)23-15(2)17-7-10-24(4)11-8-17/h5-6,9,12-13,17H,7-8,10-11H2,1-4H3,(H,22,25)/b23-15-. The molecule has 8 heteroatoms. The van der Waals surface area contributed by atoms with Crippen LogP contribution in [0.5, 0.6) is 0 Å². The summed E-state index contributed by atoms with van der Waals surface area (Å²) in [5.74, 6) is 0.00747. The van der Waals surface area contributed by atoms with Gasteiger partial charge in [0.2, 0.25) is 0 Å². The van der Waals surface area contributed by atoms with Crippen LogP contribution in [0.4, 0.5) is 5.69 Å². The van der Waals surface area contributed by atoms with Crippen LogP contribution in [0.15, 0.2) is 38.9 Å². The Morgan fingerprint density at radius 3 is 2.48 bits per heavy atom. The Morgan fingerprint density at radius 2 is 1.90 bits per heavy atom. The largest absolute Gasteiger partial charge is 0.322 e. The average Bonchev–Trinajstić information content (AvgIpc) is 3.09. The topological polar surface area (TPSA) is 78.8 Å². The van der Waals surface area contributed by atoms with Gasteiger partial charge < -0.3 is 10.2 Å². The molecule has 0 bridgehead atoms. The number of thiophene rings is 1. The molecular weight excluding hydrogens is 406 g/mol. The van der Waals surface area contributed by atoms with Gasteiger partial charge in [0.1, 0.15) is 0 Å². The van der Waals surface area contributed by atoms with Gasteiger partial charge in [-0.25, -0.2) is 0 Å². The van der Waals surface area contributed by atoms with Crippen molar-refractivity contribution in [2.75, 3.05) is 25.5 Å². The molecule has 2 heterocycles. The van der Waals surface area contributed by atoms with Crippen molar-refractivity contribution in [3.05, 3.63) is 45.6 Å². The number of hydrogen-bond donors (Lipinski definition) is 1. The van der Waals surface area contributed by atoms with Crippen LogP contribution in [-0.4, -0.2) is 45.1 Å². The number of carbonyl (C=O) groups is 1. The number of rotatable bonds is 5. The van der Waals surface area contributed by atoms with Gasteiger partial charge in [0.05, 0.1) is 10.5 Å². The van der Waals surface area contributed by atoms with E-state index in [-0.39, 0.29) is 16.7 Å². The third kappa shape index (κ3) is 5.12. The van der Waals surface area contributed by atoms with Crippen molar-refractivity contribution in [2.45, 2.75) is 38.5 Å². The first-order valence-corrected chi connectivity index (χ1v) is 12.0. The first-order valence-electron chi connectivity index (χ1n) is 9.63. The molecule has 3 rings (SSSR count). The SMILES string of the molecule is C/C(=N/S(=O)(=O)c1ccc(NC(=O)c2ccsc2C)c(C)c1)C1CCN(C)CC1. The highest BCUT2D eigenvalue weighted by atomic mass is 32.2. The number of hydrogen-bond acceptors (Lipinski definition) is 5. The normalized spacial score (nSPS) is 16.8. The minimum atomic E-state index is -3.78. The lowest BCUT2D eigenvalue weighted by molar-refractivity contribution is 0.102. The molecule has 1 amide bonds. The van der Waals surface area contributed by atoms with Gasteiger partial charge in [-0.2, -0.15) is 12.8 Å². The second kappa shape index (κ2) is 8.77. The second-order valence-corrected chi connectivity index (χ2v) is 10.3. The van der Waals surface area contributed by atoms with Crippen LogP contribution in [0, 0.1) is 19.8 Å². The summed E-state index contributed by atoms with van der Waals surface area (Å²) in [5, 5.41) is 4.73. The Labute approximate surface area is 176 Å². The van der Waals surface area contributed by atoms with E-state index in [1.807, 2.05) is 12.3 Å². The minimum absolute atomic E-state index is 0.145. The third-order valence-electron chi connectivity index (χ3n) is 5.42. The number of nitrogens with zero attached hydrogens (tertiary/aromatic N) is 2. The van der Waals surface area contributed by atoms with Gasteiger partial charge in [-0.15, -0.1) is 11.3 Å². The molecule has 1 aliphatic rings. The lowest BCUT2D eigenvalue weighted by Crippen LogP contribution is -2.33. The van der Waals surface area contributed by atoms with E-state index in [1.54, 1.807) is 32.0 Å². The highest BCUT2D eigenvalue weighted by Crippen LogP contribution is 2.25. The fourth-order valence-electron chi connectivity index (χ4n) is 3.49. The molecule has 1 aromatic heterocycles. The van der Waals surface area contributed by atoms with E-state index >= 15 is 0 Å². The van der Waals surface area contributed by atoms with Crippen molar-refractivity contribution in [3.63, 3.8) is 0 Å². The summed E-state index contributed by atoms with van der Waals surface area (Å²) in [6, 6.07) is 6.48. The average molecular weight is 434 g/mol. The van der Waals surface area contributed by atoms with Crippen molar-refractivity contribution < 1.29 is 13.2 Å². The number of aryl methyl sites for hydroxylation is 2. The minimum Gasteiger partial charge on any atom is -0.322 e. The molecule has 29 heavy (non-hydrogen) atoms. The summed E-state index contributed by atoms with van der Waals surface area (Å²) in [6.45, 7) is 7.39. The predicted octanol–water partition coefficient (Wildman–Crippen LogP) is 4.11. The zero-order valence-corrected chi connectivity index (χ0v) is 18.9. The molecular formula is C21H27N3O3S2. The Bertz CT molecular complexity index is 1030. The molecule has 1 saturated heterocycles. The fourth-order valence-corrected chi connectivity index (χ4v) is 5.39. The van der Waals surface area contributed by atoms with Crippen molar-refractivity contribution in [3.8, 4) is 0 Å². The molecule has 156 valence electrons. The summed E-state index contributed by atoms with van der Waals surface area (Å²) in [5.41, 5.74) is 2.57. The lowest BCUT2D eigenvalue weighted by atomic mass is 9.93. The maximum atomic E-state index is 12.8. The lowest BCUT2D eigenvalue weighted by Gasteiger charge is -2.28. The van der Waals surface area contributed by atoms with Crippen molar-refractivity contribution in [1.29, 1.82) is 0 Å². The zero-order chi connectivity index (χ0) is 21.2. The van der Waals surface area contributed by atoms with Crippen LogP contribution in [0.3, 0.4) is 0 Å². The first-order chi connectivity index (χ1) is 13.7. The van der Waals surface area contributed by atoms with Gasteiger partial charge in [0, 0.05) is 22.2 Å². The fraction of sp³-hybridized carbons (Fsp3) is 0.429. The van der Waals surface area contributed by atoms with Gasteiger partial charge in [0.25, 0.3) is 15.9 Å². The van der Waals surface area contributed by atoms with E-state index in [0.717, 1.165) is 30.8 Å². The highest BCUT2D eigenvalue weighted by molar-refractivity contribution is 7.90. The molecule has 1 fully saturated rings. The number of nitrogens with one attached hydrogen (secondary N) is 1. The van der Waals surface area contributed by atoms with Crippen molar-refractivity contribution >= 4 is 38.7 Å². The smallest absolute Gasteiger partial charge is 0.282 e. The molecule has 0 spiro atoms. The molecule has 6 nitrogen and oxygen atoms in total. The molecule has 0 saturated carbocycles. The highest BCUT2D eigenvalue weighted by Gasteiger charge is 2.22. The van der Waals surface area contributed by atoms with Crippen LogP contribution < -0.4 is 5.32 Å². The molecule has 1 N–H and O–H groups in total. The first kappa shape index (κ1) is 21.7. The Balaban J connectivity index is 1.77. The maximum Gasteiger partial charge on any atom is 0.282 e. The van der Waals surface area contributed by atoms with E-state index < -0.39 is 10.0 Å². The number of carbonyl (C=O) groups excluding carboxylic acids is 1. The number of likely N-dealkylation sites (tertiary alicyclic amines) is 1. The summed E-state index contributed by atoms with van der Waals surface area (Å²) >= 11 is 1.51. The van der Waals surface area contributed by atoms with Gasteiger partial charge in [-0.1, -0.05) is 0 Å². The van der Waals surface area contributed by atoms with Crippen LogP contribution in [-0.2, 0) is 10.0 Å². The van der Waals surface area contributed by atoms with Crippen molar-refractivity contribution in [2.24, 2.45) is 10.3 Å². The summed E-state index contributed by atoms with van der Waals surface area (Å²) < 4.78 is 29.7. The number of sulfonamides is 1. The summed E-state index contributed by atoms with van der Waals surface area (Å²) in [6.07, 6.45) is 1.85. The Kier molecular flexibility index (Phi) is 6.55. The van der Waals surface area contributed by atoms with Gasteiger partial charge in [0.15, 0.2) is 0 Å². The predicted molar refractivity (Wildman–Crippen MR) is 119 cm³/mol. The van der Waals surface area contributed by atoms with E-state index in [9.17, 15) is 13.2 Å². The van der Waals surface area contributed by atoms with E-state index in [2.05, 4.69) is 21.7 Å². The molecule has 0 radical (unpaired) electrons. The quantitative estimate of drug-likeness (QED) is 0.720. The van der Waals surface area contributed by atoms with Gasteiger partial charge >= 0.3 is 0 Å². The van der Waals surface area contributed by atoms with Gasteiger partial charge in [-0.3, -0.25) is 4.79 Å². The van der Waals surface area contributed by atoms with Crippen LogP contribution >= 0.6 is 11.3 Å². The van der Waals surface area contributed by atoms with E-state index in [1.165, 1.54) is 17.4 Å². The Hall–Kier alpha value is -2.03. The van der Waals surface area contributed by atoms with Crippen LogP contribution in [0.1, 0.15) is 40.6 Å². The third-order valence-corrected chi connectivity index (χ3v) is 7.64. The van der Waals surface area contributed by atoms with Crippen LogP contribution in [0.2, 0.25) is 0 Å². The van der Waals surface area contributed by atoms with Crippen LogP contribution in [0.25, 0.3) is 0 Å². The molecule has 1 aliphatic heterocycles. The molecule has 0 aliphatic carbocycles. The van der Waals surface area contributed by atoms with Crippen molar-refractivity contribution in [1.82, 2.24) is 4.90 Å².